The van der Waals surface area contributed by atoms with Crippen molar-refractivity contribution in [3.63, 3.8) is 0 Å². The molecule has 2 heterocycles. The molecule has 0 bridgehead atoms. The van der Waals surface area contributed by atoms with Crippen LogP contribution in [0.2, 0.25) is 0 Å². The molecule has 1 aliphatic rings. The Morgan fingerprint density at radius 3 is 3.11 bits per heavy atom. The minimum atomic E-state index is -0.530. The van der Waals surface area contributed by atoms with Crippen LogP contribution in [0.5, 0.6) is 0 Å². The molecule has 1 atom stereocenters. The van der Waals surface area contributed by atoms with E-state index in [9.17, 15) is 10.1 Å². The van der Waals surface area contributed by atoms with Crippen LogP contribution >= 0.6 is 11.3 Å². The third-order valence-corrected chi connectivity index (χ3v) is 3.46. The summed E-state index contributed by atoms with van der Waals surface area (Å²) in [5.41, 5.74) is 2.29. The molecule has 2 rings (SSSR count). The van der Waals surface area contributed by atoms with Gasteiger partial charge >= 0.3 is 0 Å². The van der Waals surface area contributed by atoms with Crippen LogP contribution in [0, 0.1) is 17.0 Å². The predicted octanol–water partition coefficient (Wildman–Crippen LogP) is 0.195. The van der Waals surface area contributed by atoms with E-state index in [2.05, 4.69) is 10.4 Å². The fraction of sp³-hybridized carbons (Fsp3) is 0.667. The Morgan fingerprint density at radius 1 is 1.72 bits per heavy atom. The number of hydrazine groups is 1. The average molecular weight is 273 g/mol. The average Bonchev–Trinajstić information content (AvgIpc) is 2.69. The lowest BCUT2D eigenvalue weighted by atomic mass is 10.4. The van der Waals surface area contributed by atoms with Crippen LogP contribution in [0.4, 0.5) is 0 Å². The fourth-order valence-electron chi connectivity index (χ4n) is 1.81. The van der Waals surface area contributed by atoms with Crippen LogP contribution in [-0.2, 0) is 11.3 Å². The maximum absolute atomic E-state index is 10.6. The van der Waals surface area contributed by atoms with Gasteiger partial charge in [0.2, 0.25) is 0 Å². The summed E-state index contributed by atoms with van der Waals surface area (Å²) in [6.45, 7) is 3.22. The SMILES string of the molecule is Cc1ncc(CN2COCN(C)C2N[N+](=O)[O-])s1. The Kier molecular flexibility index (Phi) is 4.07. The van der Waals surface area contributed by atoms with E-state index in [1.165, 1.54) is 0 Å². The number of rotatable bonds is 4. The van der Waals surface area contributed by atoms with Gasteiger partial charge in [0.1, 0.15) is 13.5 Å². The summed E-state index contributed by atoms with van der Waals surface area (Å²) >= 11 is 1.58. The molecular weight excluding hydrogens is 258 g/mol. The first-order valence-electron chi connectivity index (χ1n) is 5.40. The molecule has 0 aromatic carbocycles. The van der Waals surface area contributed by atoms with Gasteiger partial charge in [0.05, 0.1) is 5.01 Å². The summed E-state index contributed by atoms with van der Waals surface area (Å²) in [6, 6.07) is 0. The third kappa shape index (κ3) is 3.13. The van der Waals surface area contributed by atoms with Crippen molar-refractivity contribution in [2.45, 2.75) is 19.8 Å². The highest BCUT2D eigenvalue weighted by molar-refractivity contribution is 7.11. The molecule has 0 saturated carbocycles. The van der Waals surface area contributed by atoms with Crippen molar-refractivity contribution in [2.75, 3.05) is 20.5 Å². The number of nitrogens with zero attached hydrogens (tertiary/aromatic N) is 4. The Labute approximate surface area is 108 Å². The van der Waals surface area contributed by atoms with E-state index >= 15 is 0 Å². The fourth-order valence-corrected chi connectivity index (χ4v) is 2.63. The zero-order chi connectivity index (χ0) is 13.1. The molecule has 1 fully saturated rings. The van der Waals surface area contributed by atoms with Gasteiger partial charge < -0.3 is 4.74 Å². The topological polar surface area (TPSA) is 83.8 Å². The van der Waals surface area contributed by atoms with Gasteiger partial charge in [-0.05, 0) is 14.0 Å². The second-order valence-corrected chi connectivity index (χ2v) is 5.39. The van der Waals surface area contributed by atoms with Crippen LogP contribution in [0.1, 0.15) is 9.88 Å². The monoisotopic (exact) mass is 273 g/mol. The molecule has 1 saturated heterocycles. The minimum absolute atomic E-state index is 0.354. The second kappa shape index (κ2) is 5.57. The molecule has 1 N–H and O–H groups in total. The van der Waals surface area contributed by atoms with Crippen LogP contribution < -0.4 is 5.43 Å². The van der Waals surface area contributed by atoms with Crippen molar-refractivity contribution >= 4 is 11.3 Å². The highest BCUT2D eigenvalue weighted by Crippen LogP contribution is 2.17. The molecule has 0 radical (unpaired) electrons. The normalized spacial score (nSPS) is 22.0. The van der Waals surface area contributed by atoms with Gasteiger partial charge in [-0.15, -0.1) is 16.8 Å². The first-order valence-corrected chi connectivity index (χ1v) is 6.22. The predicted molar refractivity (Wildman–Crippen MR) is 64.9 cm³/mol. The van der Waals surface area contributed by atoms with E-state index in [4.69, 9.17) is 4.74 Å². The number of nitro groups is 1. The molecule has 8 nitrogen and oxygen atoms in total. The first-order chi connectivity index (χ1) is 8.56. The number of nitrogens with one attached hydrogen (secondary N) is 1. The van der Waals surface area contributed by atoms with Gasteiger partial charge in [-0.3, -0.25) is 0 Å². The number of thiazole rings is 1. The molecule has 1 aliphatic heterocycles. The standard InChI is InChI=1S/C9H15N5O3S/c1-7-10-3-8(18-7)4-13-6-17-5-12(2)9(13)11-14(15)16/h3,9,11H,4-6H2,1-2H3. The van der Waals surface area contributed by atoms with Gasteiger partial charge in [0, 0.05) is 17.6 Å². The zero-order valence-corrected chi connectivity index (χ0v) is 11.0. The lowest BCUT2D eigenvalue weighted by molar-refractivity contribution is -0.565. The molecule has 100 valence electrons. The smallest absolute Gasteiger partial charge is 0.198 e. The van der Waals surface area contributed by atoms with Crippen LogP contribution in [0.25, 0.3) is 0 Å². The van der Waals surface area contributed by atoms with Crippen LogP contribution in [0.15, 0.2) is 6.20 Å². The lowest BCUT2D eigenvalue weighted by Crippen LogP contribution is -2.60. The molecule has 1 aromatic heterocycles. The lowest BCUT2D eigenvalue weighted by Gasteiger charge is -2.38. The number of aromatic nitrogens is 1. The van der Waals surface area contributed by atoms with E-state index in [1.54, 1.807) is 29.5 Å². The molecular formula is C9H15N5O3S. The van der Waals surface area contributed by atoms with Crippen molar-refractivity contribution in [1.82, 2.24) is 20.2 Å². The highest BCUT2D eigenvalue weighted by Gasteiger charge is 2.31. The molecule has 0 amide bonds. The first kappa shape index (κ1) is 13.1. The maximum Gasteiger partial charge on any atom is 0.198 e. The summed E-state index contributed by atoms with van der Waals surface area (Å²) in [4.78, 5) is 19.4. The van der Waals surface area contributed by atoms with Crippen molar-refractivity contribution in [3.8, 4) is 0 Å². The van der Waals surface area contributed by atoms with Crippen LogP contribution in [-0.4, -0.2) is 46.6 Å². The van der Waals surface area contributed by atoms with Gasteiger partial charge in [0.25, 0.3) is 0 Å². The zero-order valence-electron chi connectivity index (χ0n) is 10.2. The van der Waals surface area contributed by atoms with Crippen molar-refractivity contribution in [1.29, 1.82) is 0 Å². The molecule has 1 aromatic rings. The van der Waals surface area contributed by atoms with E-state index in [0.717, 1.165) is 9.88 Å². The van der Waals surface area contributed by atoms with Crippen LogP contribution in [0.3, 0.4) is 0 Å². The Balaban J connectivity index is 2.05. The Morgan fingerprint density at radius 2 is 2.50 bits per heavy atom. The number of hydrogen-bond donors (Lipinski definition) is 1. The van der Waals surface area contributed by atoms with Crippen molar-refractivity contribution in [2.24, 2.45) is 0 Å². The molecule has 9 heteroatoms. The quantitative estimate of drug-likeness (QED) is 0.619. The van der Waals surface area contributed by atoms with Gasteiger partial charge in [-0.25, -0.2) is 24.9 Å². The largest absolute Gasteiger partial charge is 0.350 e. The molecule has 1 unspecified atom stereocenters. The van der Waals surface area contributed by atoms with Gasteiger partial charge in [-0.1, -0.05) is 0 Å². The summed E-state index contributed by atoms with van der Waals surface area (Å²) in [5, 5.41) is 11.1. The van der Waals surface area contributed by atoms with Crippen molar-refractivity contribution in [3.05, 3.63) is 26.2 Å². The number of hydrogen-bond acceptors (Lipinski definition) is 7. The van der Waals surface area contributed by atoms with E-state index in [-0.39, 0.29) is 0 Å². The number of aryl methyl sites for hydroxylation is 1. The molecule has 18 heavy (non-hydrogen) atoms. The Bertz CT molecular complexity index is 426. The molecule has 0 spiro atoms. The van der Waals surface area contributed by atoms with Crippen molar-refractivity contribution < 1.29 is 9.77 Å². The maximum atomic E-state index is 10.6. The van der Waals surface area contributed by atoms with E-state index in [0.29, 0.717) is 20.0 Å². The third-order valence-electron chi connectivity index (χ3n) is 2.56. The van der Waals surface area contributed by atoms with E-state index in [1.807, 2.05) is 11.8 Å². The Hall–Kier alpha value is -1.29. The van der Waals surface area contributed by atoms with Gasteiger partial charge in [-0.2, -0.15) is 0 Å². The minimum Gasteiger partial charge on any atom is -0.350 e. The van der Waals surface area contributed by atoms with Gasteiger partial charge in [0.15, 0.2) is 11.3 Å². The second-order valence-electron chi connectivity index (χ2n) is 4.07. The summed E-state index contributed by atoms with van der Waals surface area (Å²) in [6.07, 6.45) is 1.31. The number of ether oxygens (including phenoxy) is 1. The summed E-state index contributed by atoms with van der Waals surface area (Å²) in [5.74, 6) is 0. The van der Waals surface area contributed by atoms with E-state index < -0.39 is 11.3 Å². The summed E-state index contributed by atoms with van der Waals surface area (Å²) < 4.78 is 5.36. The highest BCUT2D eigenvalue weighted by atomic mass is 32.1. The summed E-state index contributed by atoms with van der Waals surface area (Å²) in [7, 11) is 1.77. The molecule has 0 aliphatic carbocycles.